The normalized spacial score (nSPS) is 21.3. The van der Waals surface area contributed by atoms with Gasteiger partial charge in [-0.25, -0.2) is 14.5 Å². The number of nitrogens with zero attached hydrogens (tertiary/aromatic N) is 2. The summed E-state index contributed by atoms with van der Waals surface area (Å²) < 4.78 is 35.2. The Bertz CT molecular complexity index is 1330. The lowest BCUT2D eigenvalue weighted by Crippen LogP contribution is -2.68. The number of benzene rings is 2. The number of hydrogen-bond acceptors (Lipinski definition) is 6. The van der Waals surface area contributed by atoms with E-state index in [0.29, 0.717) is 10.5 Å². The van der Waals surface area contributed by atoms with Crippen molar-refractivity contribution in [1.29, 1.82) is 0 Å². The Morgan fingerprint density at radius 1 is 1.26 bits per heavy atom. The minimum atomic E-state index is -3.78. The molecule has 0 bridgehead atoms. The summed E-state index contributed by atoms with van der Waals surface area (Å²) in [5.74, 6) is -3.20. The molecule has 1 fully saturated rings. The van der Waals surface area contributed by atoms with Gasteiger partial charge in [0.15, 0.2) is 17.5 Å². The number of H-pyrrole nitrogens is 1. The molecule has 12 heteroatoms. The van der Waals surface area contributed by atoms with Crippen LogP contribution in [0.3, 0.4) is 0 Å². The van der Waals surface area contributed by atoms with Crippen LogP contribution in [0.25, 0.3) is 10.9 Å². The summed E-state index contributed by atoms with van der Waals surface area (Å²) >= 11 is 0. The van der Waals surface area contributed by atoms with Crippen LogP contribution in [0, 0.1) is 5.92 Å². The van der Waals surface area contributed by atoms with E-state index < -0.39 is 42.2 Å². The molecule has 3 N–H and O–H groups in total. The van der Waals surface area contributed by atoms with Gasteiger partial charge < -0.3 is 19.9 Å². The molecule has 2 aliphatic heterocycles. The second-order valence-electron chi connectivity index (χ2n) is 8.10. The maximum absolute atomic E-state index is 13.2. The summed E-state index contributed by atoms with van der Waals surface area (Å²) in [4.78, 5) is 38.2. The number of aromatic nitrogens is 2. The molecule has 0 unspecified atom stereocenters. The van der Waals surface area contributed by atoms with Crippen molar-refractivity contribution in [2.75, 3.05) is 0 Å². The Morgan fingerprint density at radius 3 is 2.79 bits per heavy atom. The lowest BCUT2D eigenvalue weighted by Gasteiger charge is -2.43. The van der Waals surface area contributed by atoms with Crippen LogP contribution in [-0.4, -0.2) is 50.4 Å². The van der Waals surface area contributed by atoms with Gasteiger partial charge in [0.25, 0.3) is 0 Å². The third-order valence-corrected chi connectivity index (χ3v) is 5.97. The number of alkyl halides is 2. The molecule has 2 aliphatic rings. The van der Waals surface area contributed by atoms with Crippen LogP contribution >= 0.6 is 0 Å². The van der Waals surface area contributed by atoms with E-state index in [2.05, 4.69) is 25.0 Å². The number of β-lactam (4-membered cyclic amide) rings is 1. The lowest BCUT2D eigenvalue weighted by molar-refractivity contribution is -0.286. The van der Waals surface area contributed by atoms with Crippen molar-refractivity contribution in [3.63, 3.8) is 0 Å². The molecule has 5 rings (SSSR count). The van der Waals surface area contributed by atoms with E-state index in [4.69, 9.17) is 0 Å². The van der Waals surface area contributed by atoms with Crippen LogP contribution in [0.15, 0.2) is 42.6 Å². The molecule has 10 nitrogen and oxygen atoms in total. The number of halogens is 2. The predicted molar refractivity (Wildman–Crippen MR) is 111 cm³/mol. The molecule has 3 atom stereocenters. The monoisotopic (exact) mass is 472 g/mol. The second kappa shape index (κ2) is 7.68. The highest BCUT2D eigenvalue weighted by Gasteiger charge is 2.55. The van der Waals surface area contributed by atoms with Crippen molar-refractivity contribution in [3.05, 3.63) is 53.7 Å². The highest BCUT2D eigenvalue weighted by atomic mass is 19.3. The molecule has 0 spiro atoms. The Kier molecular flexibility index (Phi) is 4.88. The third kappa shape index (κ3) is 3.56. The van der Waals surface area contributed by atoms with Gasteiger partial charge in [-0.3, -0.25) is 9.89 Å². The molecular formula is C22H18F2N4O6. The maximum atomic E-state index is 13.2. The number of carboxylic acid groups (broad SMARTS) is 1. The van der Waals surface area contributed by atoms with Crippen molar-refractivity contribution < 1.29 is 37.7 Å². The fraction of sp³-hybridized carbons (Fsp3) is 0.273. The Morgan fingerprint density at radius 2 is 2.03 bits per heavy atom. The van der Waals surface area contributed by atoms with Crippen LogP contribution in [0.5, 0.6) is 11.5 Å². The molecular weight excluding hydrogens is 454 g/mol. The largest absolute Gasteiger partial charge is 0.586 e. The SMILES string of the molecule is C[C@@H](NC(=O)N1C(=O)[C@H](Cc2cccc3[nH]ncc23)[C@H]1C(=O)O)c1ccc2c(c1)OC(F)(F)O2. The molecule has 0 saturated carbocycles. The number of ether oxygens (including phenoxy) is 2. The van der Waals surface area contributed by atoms with Crippen LogP contribution < -0.4 is 14.8 Å². The number of aliphatic carboxylic acids is 1. The van der Waals surface area contributed by atoms with E-state index in [1.54, 1.807) is 25.3 Å². The Balaban J connectivity index is 1.30. The zero-order valence-electron chi connectivity index (χ0n) is 17.6. The maximum Gasteiger partial charge on any atom is 0.586 e. The summed E-state index contributed by atoms with van der Waals surface area (Å²) in [5.41, 5.74) is 1.89. The van der Waals surface area contributed by atoms with Crippen molar-refractivity contribution in [2.24, 2.45) is 5.92 Å². The van der Waals surface area contributed by atoms with Gasteiger partial charge in [-0.2, -0.15) is 5.10 Å². The number of rotatable bonds is 5. The van der Waals surface area contributed by atoms with Crippen molar-refractivity contribution >= 4 is 28.8 Å². The molecule has 1 saturated heterocycles. The van der Waals surface area contributed by atoms with Crippen LogP contribution in [0.4, 0.5) is 13.6 Å². The number of carbonyl (C=O) groups is 3. The molecule has 2 aromatic carbocycles. The van der Waals surface area contributed by atoms with Crippen molar-refractivity contribution in [2.45, 2.75) is 31.7 Å². The topological polar surface area (TPSA) is 134 Å². The molecule has 176 valence electrons. The standard InChI is InChI=1S/C22H18F2N4O6/c1-10(11-5-6-16-17(8-11)34-22(23,24)33-16)26-21(32)28-18(20(30)31)13(19(28)29)7-12-3-2-4-15-14(12)9-25-27-15/h2-6,8-10,13,18H,7H2,1H3,(H,25,27)(H,26,32)(H,30,31)/t10-,13-,18+/m1/s1. The quantitative estimate of drug-likeness (QED) is 0.486. The molecule has 0 radical (unpaired) electrons. The number of hydrogen-bond donors (Lipinski definition) is 3. The van der Waals surface area contributed by atoms with Crippen LogP contribution in [0.1, 0.15) is 24.1 Å². The number of carboxylic acids is 1. The first-order valence-electron chi connectivity index (χ1n) is 10.3. The molecule has 0 aliphatic carbocycles. The number of fused-ring (bicyclic) bond motifs is 2. The van der Waals surface area contributed by atoms with E-state index in [1.807, 2.05) is 6.07 Å². The number of amides is 3. The third-order valence-electron chi connectivity index (χ3n) is 5.97. The summed E-state index contributed by atoms with van der Waals surface area (Å²) in [5, 5.41) is 19.8. The van der Waals surface area contributed by atoms with Gasteiger partial charge in [0, 0.05) is 5.39 Å². The summed E-state index contributed by atoms with van der Waals surface area (Å²) in [6.07, 6.45) is -2.05. The average molecular weight is 472 g/mol. The number of nitrogens with one attached hydrogen (secondary N) is 2. The zero-order valence-corrected chi connectivity index (χ0v) is 17.6. The number of urea groups is 1. The number of aromatic amines is 1. The van der Waals surface area contributed by atoms with Gasteiger partial charge in [-0.15, -0.1) is 8.78 Å². The van der Waals surface area contributed by atoms with E-state index in [1.165, 1.54) is 18.2 Å². The molecule has 34 heavy (non-hydrogen) atoms. The highest BCUT2D eigenvalue weighted by Crippen LogP contribution is 2.42. The summed E-state index contributed by atoms with van der Waals surface area (Å²) in [7, 11) is 0. The van der Waals surface area contributed by atoms with Gasteiger partial charge >= 0.3 is 18.3 Å². The zero-order chi connectivity index (χ0) is 24.2. The Hall–Kier alpha value is -4.22. The van der Waals surface area contributed by atoms with Gasteiger partial charge in [-0.05, 0) is 42.7 Å². The van der Waals surface area contributed by atoms with Crippen LogP contribution in [0.2, 0.25) is 0 Å². The van der Waals surface area contributed by atoms with Crippen LogP contribution in [-0.2, 0) is 16.0 Å². The van der Waals surface area contributed by atoms with Gasteiger partial charge in [0.1, 0.15) is 0 Å². The smallest absolute Gasteiger partial charge is 0.480 e. The molecule has 3 aromatic rings. The minimum absolute atomic E-state index is 0.127. The number of likely N-dealkylation sites (tertiary alicyclic amines) is 1. The van der Waals surface area contributed by atoms with Crippen molar-refractivity contribution in [1.82, 2.24) is 20.4 Å². The van der Waals surface area contributed by atoms with E-state index >= 15 is 0 Å². The van der Waals surface area contributed by atoms with Gasteiger partial charge in [-0.1, -0.05) is 18.2 Å². The first-order chi connectivity index (χ1) is 16.1. The molecule has 3 heterocycles. The molecule has 1 aromatic heterocycles. The first-order valence-corrected chi connectivity index (χ1v) is 10.3. The van der Waals surface area contributed by atoms with Gasteiger partial charge in [0.2, 0.25) is 5.91 Å². The average Bonchev–Trinajstić information content (AvgIpc) is 3.37. The van der Waals surface area contributed by atoms with E-state index in [9.17, 15) is 28.3 Å². The molecule has 3 amide bonds. The van der Waals surface area contributed by atoms with Crippen molar-refractivity contribution in [3.8, 4) is 11.5 Å². The van der Waals surface area contributed by atoms with E-state index in [-0.39, 0.29) is 17.9 Å². The lowest BCUT2D eigenvalue weighted by atomic mass is 9.82. The summed E-state index contributed by atoms with van der Waals surface area (Å²) in [6, 6.07) is 6.37. The first kappa shape index (κ1) is 21.6. The highest BCUT2D eigenvalue weighted by molar-refractivity contribution is 6.07. The number of imide groups is 1. The van der Waals surface area contributed by atoms with E-state index in [0.717, 1.165) is 16.5 Å². The summed E-state index contributed by atoms with van der Waals surface area (Å²) in [6.45, 7) is 1.56. The fourth-order valence-electron chi connectivity index (χ4n) is 4.27. The second-order valence-corrected chi connectivity index (χ2v) is 8.10. The predicted octanol–water partition coefficient (Wildman–Crippen LogP) is 2.81. The minimum Gasteiger partial charge on any atom is -0.480 e. The fourth-order valence-corrected chi connectivity index (χ4v) is 4.27. The van der Waals surface area contributed by atoms with Gasteiger partial charge in [0.05, 0.1) is 23.7 Å². The Labute approximate surface area is 190 Å². The number of carbonyl (C=O) groups excluding carboxylic acids is 2.